The van der Waals surface area contributed by atoms with Crippen molar-refractivity contribution in [3.8, 4) is 0 Å². The van der Waals surface area contributed by atoms with E-state index in [1.165, 1.54) is 0 Å². The van der Waals surface area contributed by atoms with Crippen LogP contribution in [0, 0.1) is 0 Å². The highest BCUT2D eigenvalue weighted by Crippen LogP contribution is 2.20. The smallest absolute Gasteiger partial charge is 0.131 e. The first-order valence-electron chi connectivity index (χ1n) is 6.88. The maximum absolute atomic E-state index is 5.16. The third-order valence-electron chi connectivity index (χ3n) is 3.01. The van der Waals surface area contributed by atoms with E-state index in [2.05, 4.69) is 41.0 Å². The molecule has 108 valence electrons. The van der Waals surface area contributed by atoms with Crippen molar-refractivity contribution in [2.45, 2.75) is 33.2 Å². The van der Waals surface area contributed by atoms with Gasteiger partial charge in [-0.3, -0.25) is 0 Å². The van der Waals surface area contributed by atoms with Gasteiger partial charge in [0.25, 0.3) is 0 Å². The highest BCUT2D eigenvalue weighted by molar-refractivity contribution is 5.49. The molecule has 0 spiro atoms. The minimum absolute atomic E-state index is 0.346. The maximum atomic E-state index is 5.16. The van der Waals surface area contributed by atoms with E-state index in [-0.39, 0.29) is 0 Å². The summed E-state index contributed by atoms with van der Waals surface area (Å²) in [5.74, 6) is 1.25. The minimum atomic E-state index is 0.346. The molecule has 0 aromatic carbocycles. The van der Waals surface area contributed by atoms with Crippen LogP contribution in [0.5, 0.6) is 0 Å². The van der Waals surface area contributed by atoms with Gasteiger partial charge in [0.1, 0.15) is 5.82 Å². The van der Waals surface area contributed by atoms with Crippen LogP contribution in [0.3, 0.4) is 0 Å². The molecule has 0 atom stereocenters. The summed E-state index contributed by atoms with van der Waals surface area (Å²) in [7, 11) is 3.66. The molecule has 5 nitrogen and oxygen atoms in total. The van der Waals surface area contributed by atoms with Gasteiger partial charge in [0, 0.05) is 32.7 Å². The Balaban J connectivity index is 3.02. The molecule has 0 aliphatic carbocycles. The molecule has 19 heavy (non-hydrogen) atoms. The Morgan fingerprint density at radius 2 is 2.16 bits per heavy atom. The summed E-state index contributed by atoms with van der Waals surface area (Å²) in [5, 5.41) is 3.18. The first kappa shape index (κ1) is 15.9. The zero-order valence-electron chi connectivity index (χ0n) is 12.7. The van der Waals surface area contributed by atoms with Crippen LogP contribution in [0.1, 0.15) is 38.2 Å². The molecule has 1 N–H and O–H groups in total. The van der Waals surface area contributed by atoms with Crippen molar-refractivity contribution in [2.75, 3.05) is 38.8 Å². The zero-order chi connectivity index (χ0) is 14.3. The summed E-state index contributed by atoms with van der Waals surface area (Å²) >= 11 is 0. The molecule has 1 aromatic heterocycles. The number of rotatable bonds is 8. The molecule has 0 amide bonds. The van der Waals surface area contributed by atoms with E-state index >= 15 is 0 Å². The number of nitrogens with one attached hydrogen (secondary N) is 1. The van der Waals surface area contributed by atoms with Gasteiger partial charge in [-0.05, 0) is 14.0 Å². The Morgan fingerprint density at radius 1 is 1.42 bits per heavy atom. The largest absolute Gasteiger partial charge is 0.383 e. The number of hydrogen-bond donors (Lipinski definition) is 1. The third kappa shape index (κ3) is 4.44. The van der Waals surface area contributed by atoms with Gasteiger partial charge in [-0.2, -0.15) is 0 Å². The summed E-state index contributed by atoms with van der Waals surface area (Å²) in [4.78, 5) is 11.4. The van der Waals surface area contributed by atoms with Crippen molar-refractivity contribution in [3.05, 3.63) is 17.7 Å². The monoisotopic (exact) mass is 266 g/mol. The van der Waals surface area contributed by atoms with E-state index < -0.39 is 0 Å². The summed E-state index contributed by atoms with van der Waals surface area (Å²) in [5.41, 5.74) is 2.15. The van der Waals surface area contributed by atoms with Crippen molar-refractivity contribution in [2.24, 2.45) is 0 Å². The van der Waals surface area contributed by atoms with Gasteiger partial charge in [0.15, 0.2) is 0 Å². The first-order chi connectivity index (χ1) is 9.13. The highest BCUT2D eigenvalue weighted by Gasteiger charge is 2.13. The van der Waals surface area contributed by atoms with Gasteiger partial charge < -0.3 is 15.0 Å². The molecule has 0 aliphatic heterocycles. The van der Waals surface area contributed by atoms with Crippen LogP contribution >= 0.6 is 0 Å². The molecular weight excluding hydrogens is 240 g/mol. The van der Waals surface area contributed by atoms with Crippen molar-refractivity contribution in [1.29, 1.82) is 0 Å². The van der Waals surface area contributed by atoms with Crippen LogP contribution in [0.4, 0.5) is 5.69 Å². The topological polar surface area (TPSA) is 50.3 Å². The van der Waals surface area contributed by atoms with Crippen LogP contribution in [-0.2, 0) is 11.3 Å². The normalized spacial score (nSPS) is 11.1. The van der Waals surface area contributed by atoms with Crippen LogP contribution in [-0.4, -0.2) is 43.8 Å². The summed E-state index contributed by atoms with van der Waals surface area (Å²) < 4.78 is 5.16. The molecule has 1 rings (SSSR count). The van der Waals surface area contributed by atoms with E-state index in [1.807, 2.05) is 13.2 Å². The molecule has 0 saturated heterocycles. The second-order valence-corrected chi connectivity index (χ2v) is 4.82. The predicted molar refractivity (Wildman–Crippen MR) is 78.6 cm³/mol. The number of hydrogen-bond acceptors (Lipinski definition) is 5. The average Bonchev–Trinajstić information content (AvgIpc) is 2.41. The maximum Gasteiger partial charge on any atom is 0.131 e. The Morgan fingerprint density at radius 3 is 2.68 bits per heavy atom. The van der Waals surface area contributed by atoms with Crippen LogP contribution < -0.4 is 10.2 Å². The van der Waals surface area contributed by atoms with Crippen molar-refractivity contribution in [3.63, 3.8) is 0 Å². The highest BCUT2D eigenvalue weighted by atomic mass is 16.5. The van der Waals surface area contributed by atoms with Gasteiger partial charge >= 0.3 is 0 Å². The Bertz CT molecular complexity index is 382. The summed E-state index contributed by atoms with van der Waals surface area (Å²) in [6.45, 7) is 9.59. The van der Waals surface area contributed by atoms with Gasteiger partial charge in [0.05, 0.1) is 24.2 Å². The molecular formula is C14H26N4O. The van der Waals surface area contributed by atoms with Crippen LogP contribution in [0.15, 0.2) is 6.20 Å². The Kier molecular flexibility index (Phi) is 6.73. The second kappa shape index (κ2) is 8.07. The standard InChI is InChI=1S/C14H26N4O/c1-6-18(7-8-19-5)13-10-16-14(11(2)3)17-12(13)9-15-4/h10-11,15H,6-9H2,1-5H3. The average molecular weight is 266 g/mol. The first-order valence-corrected chi connectivity index (χ1v) is 6.88. The molecule has 1 heterocycles. The number of nitrogens with zero attached hydrogens (tertiary/aromatic N) is 3. The summed E-state index contributed by atoms with van der Waals surface area (Å²) in [6, 6.07) is 0. The van der Waals surface area contributed by atoms with Crippen LogP contribution in [0.2, 0.25) is 0 Å². The number of likely N-dealkylation sites (N-methyl/N-ethyl adjacent to an activating group) is 1. The molecule has 5 heteroatoms. The lowest BCUT2D eigenvalue weighted by atomic mass is 10.2. The van der Waals surface area contributed by atoms with Gasteiger partial charge in [-0.1, -0.05) is 13.8 Å². The molecule has 0 bridgehead atoms. The fourth-order valence-corrected chi connectivity index (χ4v) is 1.92. The fraction of sp³-hybridized carbons (Fsp3) is 0.714. The Labute approximate surface area is 116 Å². The molecule has 0 aliphatic rings. The minimum Gasteiger partial charge on any atom is -0.383 e. The Hall–Kier alpha value is -1.20. The lowest BCUT2D eigenvalue weighted by molar-refractivity contribution is 0.205. The second-order valence-electron chi connectivity index (χ2n) is 4.82. The lowest BCUT2D eigenvalue weighted by Crippen LogP contribution is -2.29. The number of methoxy groups -OCH3 is 1. The van der Waals surface area contributed by atoms with Crippen LogP contribution in [0.25, 0.3) is 0 Å². The van der Waals surface area contributed by atoms with E-state index in [9.17, 15) is 0 Å². The van der Waals surface area contributed by atoms with Crippen molar-refractivity contribution in [1.82, 2.24) is 15.3 Å². The van der Waals surface area contributed by atoms with Gasteiger partial charge in [0.2, 0.25) is 0 Å². The van der Waals surface area contributed by atoms with Gasteiger partial charge in [-0.15, -0.1) is 0 Å². The fourth-order valence-electron chi connectivity index (χ4n) is 1.92. The van der Waals surface area contributed by atoms with Crippen molar-refractivity contribution >= 4 is 5.69 Å². The number of aromatic nitrogens is 2. The predicted octanol–water partition coefficient (Wildman–Crippen LogP) is 1.79. The lowest BCUT2D eigenvalue weighted by Gasteiger charge is -2.25. The summed E-state index contributed by atoms with van der Waals surface area (Å²) in [6.07, 6.45) is 1.94. The zero-order valence-corrected chi connectivity index (χ0v) is 12.7. The molecule has 1 aromatic rings. The van der Waals surface area contributed by atoms with E-state index in [0.717, 1.165) is 36.8 Å². The molecule has 0 fully saturated rings. The van der Waals surface area contributed by atoms with Crippen molar-refractivity contribution < 1.29 is 4.74 Å². The SMILES string of the molecule is CCN(CCOC)c1cnc(C(C)C)nc1CNC. The quantitative estimate of drug-likeness (QED) is 0.777. The third-order valence-corrected chi connectivity index (χ3v) is 3.01. The molecule has 0 radical (unpaired) electrons. The molecule has 0 unspecified atom stereocenters. The van der Waals surface area contributed by atoms with Gasteiger partial charge in [-0.25, -0.2) is 9.97 Å². The number of ether oxygens (including phenoxy) is 1. The van der Waals surface area contributed by atoms with E-state index in [4.69, 9.17) is 4.74 Å². The van der Waals surface area contributed by atoms with E-state index in [0.29, 0.717) is 12.5 Å². The molecule has 0 saturated carbocycles. The number of anilines is 1. The van der Waals surface area contributed by atoms with E-state index in [1.54, 1.807) is 7.11 Å².